The molecule has 1 aromatic carbocycles. The summed E-state index contributed by atoms with van der Waals surface area (Å²) in [5.74, 6) is 0.887. The zero-order valence-corrected chi connectivity index (χ0v) is 12.7. The predicted octanol–water partition coefficient (Wildman–Crippen LogP) is 3.97. The summed E-state index contributed by atoms with van der Waals surface area (Å²) in [5.41, 5.74) is 1.00. The van der Waals surface area contributed by atoms with Crippen LogP contribution in [0.4, 0.5) is 5.69 Å². The Kier molecular flexibility index (Phi) is 4.92. The fourth-order valence-electron chi connectivity index (χ4n) is 1.96. The normalized spacial score (nSPS) is 10.9. The highest BCUT2D eigenvalue weighted by Crippen LogP contribution is 2.26. The Morgan fingerprint density at radius 2 is 2.15 bits per heavy atom. The van der Waals surface area contributed by atoms with Crippen LogP contribution in [0, 0.1) is 10.1 Å². The molecule has 0 aliphatic rings. The molecule has 0 fully saturated rings. The molecule has 0 amide bonds. The van der Waals surface area contributed by atoms with Gasteiger partial charge in [0.15, 0.2) is 0 Å². The number of furan rings is 1. The van der Waals surface area contributed by atoms with E-state index in [1.165, 1.54) is 0 Å². The van der Waals surface area contributed by atoms with E-state index in [0.717, 1.165) is 17.9 Å². The highest BCUT2D eigenvalue weighted by atomic mass is 79.9. The first kappa shape index (κ1) is 14.7. The molecule has 0 spiro atoms. The van der Waals surface area contributed by atoms with Crippen molar-refractivity contribution in [1.82, 2.24) is 4.90 Å². The first-order chi connectivity index (χ1) is 9.60. The van der Waals surface area contributed by atoms with Gasteiger partial charge in [-0.15, -0.1) is 0 Å². The molecule has 6 heteroatoms. The highest BCUT2D eigenvalue weighted by molar-refractivity contribution is 9.10. The fraction of sp³-hybridized carbons (Fsp3) is 0.286. The number of nitro benzene ring substituents is 1. The van der Waals surface area contributed by atoms with Crippen LogP contribution in [-0.4, -0.2) is 16.4 Å². The van der Waals surface area contributed by atoms with Gasteiger partial charge in [-0.05, 0) is 46.2 Å². The first-order valence-electron chi connectivity index (χ1n) is 6.27. The van der Waals surface area contributed by atoms with E-state index in [-0.39, 0.29) is 10.6 Å². The van der Waals surface area contributed by atoms with Crippen molar-refractivity contribution in [3.8, 4) is 0 Å². The minimum absolute atomic E-state index is 0.0940. The van der Waals surface area contributed by atoms with Gasteiger partial charge in [0.05, 0.1) is 22.2 Å². The van der Waals surface area contributed by atoms with Gasteiger partial charge in [0, 0.05) is 12.6 Å². The molecule has 0 saturated carbocycles. The third kappa shape index (κ3) is 3.68. The van der Waals surface area contributed by atoms with Crippen molar-refractivity contribution in [2.24, 2.45) is 0 Å². The minimum Gasteiger partial charge on any atom is -0.468 e. The molecule has 0 N–H and O–H groups in total. The van der Waals surface area contributed by atoms with E-state index < -0.39 is 0 Å². The quantitative estimate of drug-likeness (QED) is 0.590. The van der Waals surface area contributed by atoms with E-state index in [1.54, 1.807) is 18.4 Å². The molecule has 2 aromatic rings. The third-order valence-electron chi connectivity index (χ3n) is 3.02. The fourth-order valence-corrected chi connectivity index (χ4v) is 2.35. The van der Waals surface area contributed by atoms with Crippen LogP contribution in [-0.2, 0) is 13.1 Å². The van der Waals surface area contributed by atoms with Crippen LogP contribution in [0.5, 0.6) is 0 Å². The van der Waals surface area contributed by atoms with E-state index in [0.29, 0.717) is 17.6 Å². The van der Waals surface area contributed by atoms with Crippen LogP contribution in [0.25, 0.3) is 0 Å². The number of hydrogen-bond acceptors (Lipinski definition) is 4. The summed E-state index contributed by atoms with van der Waals surface area (Å²) in [6.45, 7) is 4.22. The van der Waals surface area contributed by atoms with Gasteiger partial charge in [0.2, 0.25) is 0 Å². The van der Waals surface area contributed by atoms with E-state index in [4.69, 9.17) is 4.42 Å². The third-order valence-corrected chi connectivity index (χ3v) is 3.69. The van der Waals surface area contributed by atoms with Crippen LogP contribution in [0.3, 0.4) is 0 Å². The Morgan fingerprint density at radius 3 is 2.75 bits per heavy atom. The summed E-state index contributed by atoms with van der Waals surface area (Å²) in [6, 6.07) is 8.99. The van der Waals surface area contributed by atoms with Gasteiger partial charge in [0.1, 0.15) is 5.76 Å². The van der Waals surface area contributed by atoms with Gasteiger partial charge < -0.3 is 4.42 Å². The Bertz CT molecular complexity index is 584. The minimum atomic E-state index is -0.379. The maximum Gasteiger partial charge on any atom is 0.283 e. The van der Waals surface area contributed by atoms with Gasteiger partial charge in [-0.25, -0.2) is 0 Å². The van der Waals surface area contributed by atoms with Crippen molar-refractivity contribution in [3.05, 3.63) is 62.5 Å². The number of nitrogens with zero attached hydrogens (tertiary/aromatic N) is 2. The standard InChI is InChI=1S/C14H15BrN2O3/c1-2-16(10-12-4-3-7-20-12)9-11-5-6-13(15)14(8-11)17(18)19/h3-8H,2,9-10H2,1H3. The number of nitro groups is 1. The summed E-state index contributed by atoms with van der Waals surface area (Å²) in [6.07, 6.45) is 1.65. The zero-order valence-electron chi connectivity index (χ0n) is 11.1. The molecule has 0 saturated heterocycles. The van der Waals surface area contributed by atoms with Crippen molar-refractivity contribution < 1.29 is 9.34 Å². The van der Waals surface area contributed by atoms with Gasteiger partial charge >= 0.3 is 0 Å². The van der Waals surface area contributed by atoms with Crippen molar-refractivity contribution in [3.63, 3.8) is 0 Å². The van der Waals surface area contributed by atoms with Crippen molar-refractivity contribution >= 4 is 21.6 Å². The van der Waals surface area contributed by atoms with E-state index in [1.807, 2.05) is 18.2 Å². The summed E-state index contributed by atoms with van der Waals surface area (Å²) in [5, 5.41) is 10.9. The molecule has 0 atom stereocenters. The molecule has 5 nitrogen and oxygen atoms in total. The second-order valence-corrected chi connectivity index (χ2v) is 5.28. The summed E-state index contributed by atoms with van der Waals surface area (Å²) in [4.78, 5) is 12.7. The summed E-state index contributed by atoms with van der Waals surface area (Å²) < 4.78 is 5.83. The van der Waals surface area contributed by atoms with Crippen molar-refractivity contribution in [2.75, 3.05) is 6.54 Å². The monoisotopic (exact) mass is 338 g/mol. The number of halogens is 1. The molecular weight excluding hydrogens is 324 g/mol. The van der Waals surface area contributed by atoms with Crippen molar-refractivity contribution in [2.45, 2.75) is 20.0 Å². The van der Waals surface area contributed by atoms with E-state index >= 15 is 0 Å². The van der Waals surface area contributed by atoms with Gasteiger partial charge in [-0.3, -0.25) is 15.0 Å². The Balaban J connectivity index is 2.11. The smallest absolute Gasteiger partial charge is 0.283 e. The maximum atomic E-state index is 10.9. The Morgan fingerprint density at radius 1 is 1.35 bits per heavy atom. The van der Waals surface area contributed by atoms with Crippen LogP contribution in [0.2, 0.25) is 0 Å². The van der Waals surface area contributed by atoms with Gasteiger partial charge in [0.25, 0.3) is 5.69 Å². The largest absolute Gasteiger partial charge is 0.468 e. The average molecular weight is 339 g/mol. The number of rotatable bonds is 6. The lowest BCUT2D eigenvalue weighted by atomic mass is 10.2. The summed E-state index contributed by atoms with van der Waals surface area (Å²) in [7, 11) is 0. The topological polar surface area (TPSA) is 59.5 Å². The lowest BCUT2D eigenvalue weighted by Crippen LogP contribution is -2.22. The first-order valence-corrected chi connectivity index (χ1v) is 7.07. The van der Waals surface area contributed by atoms with Crippen LogP contribution in [0.15, 0.2) is 45.5 Å². The maximum absolute atomic E-state index is 10.9. The van der Waals surface area contributed by atoms with E-state index in [2.05, 4.69) is 27.8 Å². The predicted molar refractivity (Wildman–Crippen MR) is 79.3 cm³/mol. The molecule has 0 radical (unpaired) electrons. The van der Waals surface area contributed by atoms with E-state index in [9.17, 15) is 10.1 Å². The highest BCUT2D eigenvalue weighted by Gasteiger charge is 2.14. The molecular formula is C14H15BrN2O3. The Labute approximate surface area is 125 Å². The molecule has 0 aliphatic carbocycles. The Hall–Kier alpha value is -1.66. The average Bonchev–Trinajstić information content (AvgIpc) is 2.92. The number of benzene rings is 1. The zero-order chi connectivity index (χ0) is 14.5. The molecule has 0 bridgehead atoms. The van der Waals surface area contributed by atoms with Crippen molar-refractivity contribution in [1.29, 1.82) is 0 Å². The molecule has 0 unspecified atom stereocenters. The van der Waals surface area contributed by atoms with Crippen LogP contribution < -0.4 is 0 Å². The molecule has 106 valence electrons. The second-order valence-electron chi connectivity index (χ2n) is 4.43. The lowest BCUT2D eigenvalue weighted by Gasteiger charge is -2.19. The van der Waals surface area contributed by atoms with Crippen LogP contribution >= 0.6 is 15.9 Å². The second kappa shape index (κ2) is 6.67. The molecule has 1 aromatic heterocycles. The molecule has 0 aliphatic heterocycles. The summed E-state index contributed by atoms with van der Waals surface area (Å²) >= 11 is 3.19. The molecule has 2 rings (SSSR count). The lowest BCUT2D eigenvalue weighted by molar-refractivity contribution is -0.385. The molecule has 1 heterocycles. The molecule has 20 heavy (non-hydrogen) atoms. The SMILES string of the molecule is CCN(Cc1ccc(Br)c([N+](=O)[O-])c1)Cc1ccco1. The van der Waals surface area contributed by atoms with Crippen LogP contribution in [0.1, 0.15) is 18.2 Å². The number of hydrogen-bond donors (Lipinski definition) is 0. The van der Waals surface area contributed by atoms with Gasteiger partial charge in [-0.2, -0.15) is 0 Å². The van der Waals surface area contributed by atoms with Gasteiger partial charge in [-0.1, -0.05) is 13.0 Å².